The molecule has 2 rings (SSSR count). The third-order valence-electron chi connectivity index (χ3n) is 3.15. The number of fused-ring (bicyclic) bond motifs is 1. The lowest BCUT2D eigenvalue weighted by atomic mass is 9.95. The molecule has 74 valence electrons. The SMILES string of the molecule is CCCC1CCc2ccc(C=O)cc21. The van der Waals surface area contributed by atoms with Crippen LogP contribution in [0.5, 0.6) is 0 Å². The quantitative estimate of drug-likeness (QED) is 0.665. The molecule has 0 N–H and O–H groups in total. The van der Waals surface area contributed by atoms with Crippen LogP contribution >= 0.6 is 0 Å². The first kappa shape index (κ1) is 9.45. The predicted molar refractivity (Wildman–Crippen MR) is 57.8 cm³/mol. The van der Waals surface area contributed by atoms with Gasteiger partial charge in [-0.1, -0.05) is 25.5 Å². The minimum Gasteiger partial charge on any atom is -0.298 e. The zero-order valence-electron chi connectivity index (χ0n) is 8.62. The zero-order valence-corrected chi connectivity index (χ0v) is 8.62. The largest absolute Gasteiger partial charge is 0.298 e. The number of carbonyl (C=O) groups is 1. The Hall–Kier alpha value is -1.11. The summed E-state index contributed by atoms with van der Waals surface area (Å²) in [5.41, 5.74) is 3.71. The molecule has 0 heterocycles. The molecular weight excluding hydrogens is 172 g/mol. The van der Waals surface area contributed by atoms with E-state index in [-0.39, 0.29) is 0 Å². The highest BCUT2D eigenvalue weighted by molar-refractivity contribution is 5.75. The minimum absolute atomic E-state index is 0.704. The molecule has 1 atom stereocenters. The Morgan fingerprint density at radius 2 is 2.36 bits per heavy atom. The summed E-state index contributed by atoms with van der Waals surface area (Å²) in [5.74, 6) is 0.704. The fraction of sp³-hybridized carbons (Fsp3) is 0.462. The molecule has 1 aliphatic carbocycles. The van der Waals surface area contributed by atoms with Gasteiger partial charge in [-0.3, -0.25) is 4.79 Å². The van der Waals surface area contributed by atoms with E-state index < -0.39 is 0 Å². The first-order chi connectivity index (χ1) is 6.85. The van der Waals surface area contributed by atoms with Crippen LogP contribution in [0.3, 0.4) is 0 Å². The van der Waals surface area contributed by atoms with Gasteiger partial charge < -0.3 is 0 Å². The Balaban J connectivity index is 2.32. The number of aldehydes is 1. The van der Waals surface area contributed by atoms with Gasteiger partial charge in [-0.05, 0) is 42.4 Å². The highest BCUT2D eigenvalue weighted by atomic mass is 16.1. The van der Waals surface area contributed by atoms with Crippen LogP contribution in [0.2, 0.25) is 0 Å². The summed E-state index contributed by atoms with van der Waals surface area (Å²) >= 11 is 0. The second kappa shape index (κ2) is 3.95. The summed E-state index contributed by atoms with van der Waals surface area (Å²) in [6.07, 6.45) is 5.90. The van der Waals surface area contributed by atoms with Gasteiger partial charge in [-0.2, -0.15) is 0 Å². The van der Waals surface area contributed by atoms with E-state index in [0.29, 0.717) is 5.92 Å². The van der Waals surface area contributed by atoms with Crippen LogP contribution in [0.15, 0.2) is 18.2 Å². The molecule has 0 bridgehead atoms. The molecule has 1 aromatic carbocycles. The van der Waals surface area contributed by atoms with Gasteiger partial charge in [0.05, 0.1) is 0 Å². The number of hydrogen-bond donors (Lipinski definition) is 0. The molecular formula is C13H16O. The molecule has 1 heteroatoms. The third kappa shape index (κ3) is 1.59. The van der Waals surface area contributed by atoms with Gasteiger partial charge in [-0.25, -0.2) is 0 Å². The van der Waals surface area contributed by atoms with Crippen LogP contribution in [-0.2, 0) is 6.42 Å². The molecule has 0 saturated heterocycles. The highest BCUT2D eigenvalue weighted by Gasteiger charge is 2.21. The summed E-state index contributed by atoms with van der Waals surface area (Å²) in [5, 5.41) is 0. The highest BCUT2D eigenvalue weighted by Crippen LogP contribution is 2.36. The van der Waals surface area contributed by atoms with E-state index in [4.69, 9.17) is 0 Å². The van der Waals surface area contributed by atoms with Crippen molar-refractivity contribution in [2.45, 2.75) is 38.5 Å². The lowest BCUT2D eigenvalue weighted by Crippen LogP contribution is -1.93. The Morgan fingerprint density at radius 3 is 3.07 bits per heavy atom. The van der Waals surface area contributed by atoms with E-state index in [2.05, 4.69) is 19.1 Å². The molecule has 0 amide bonds. The van der Waals surface area contributed by atoms with E-state index in [1.165, 1.54) is 36.8 Å². The van der Waals surface area contributed by atoms with Crippen LogP contribution in [0.25, 0.3) is 0 Å². The minimum atomic E-state index is 0.704. The smallest absolute Gasteiger partial charge is 0.150 e. The number of rotatable bonds is 3. The summed E-state index contributed by atoms with van der Waals surface area (Å²) in [6.45, 7) is 2.22. The molecule has 14 heavy (non-hydrogen) atoms. The lowest BCUT2D eigenvalue weighted by molar-refractivity contribution is 0.112. The van der Waals surface area contributed by atoms with E-state index in [0.717, 1.165) is 11.8 Å². The topological polar surface area (TPSA) is 17.1 Å². The molecule has 0 aromatic heterocycles. The second-order valence-corrected chi connectivity index (χ2v) is 4.10. The Morgan fingerprint density at radius 1 is 1.50 bits per heavy atom. The van der Waals surface area contributed by atoms with Gasteiger partial charge >= 0.3 is 0 Å². The standard InChI is InChI=1S/C13H16O/c1-2-3-11-6-7-12-5-4-10(9-14)8-13(11)12/h4-5,8-9,11H,2-3,6-7H2,1H3. The molecule has 0 fully saturated rings. The second-order valence-electron chi connectivity index (χ2n) is 4.10. The van der Waals surface area contributed by atoms with Gasteiger partial charge in [-0.15, -0.1) is 0 Å². The number of carbonyl (C=O) groups excluding carboxylic acids is 1. The maximum absolute atomic E-state index is 10.7. The van der Waals surface area contributed by atoms with Gasteiger partial charge in [0.25, 0.3) is 0 Å². The monoisotopic (exact) mass is 188 g/mol. The lowest BCUT2D eigenvalue weighted by Gasteiger charge is -2.09. The molecule has 1 unspecified atom stereocenters. The van der Waals surface area contributed by atoms with E-state index in [1.54, 1.807) is 0 Å². The van der Waals surface area contributed by atoms with E-state index in [1.807, 2.05) is 6.07 Å². The zero-order chi connectivity index (χ0) is 9.97. The van der Waals surface area contributed by atoms with Crippen LogP contribution in [0.1, 0.15) is 53.6 Å². The first-order valence-electron chi connectivity index (χ1n) is 5.43. The van der Waals surface area contributed by atoms with E-state index >= 15 is 0 Å². The van der Waals surface area contributed by atoms with Gasteiger partial charge in [0.1, 0.15) is 6.29 Å². The Kier molecular flexibility index (Phi) is 2.67. The molecule has 0 radical (unpaired) electrons. The van der Waals surface area contributed by atoms with Crippen LogP contribution in [0.4, 0.5) is 0 Å². The summed E-state index contributed by atoms with van der Waals surface area (Å²) < 4.78 is 0. The van der Waals surface area contributed by atoms with Crippen LogP contribution in [0, 0.1) is 0 Å². The summed E-state index contributed by atoms with van der Waals surface area (Å²) in [7, 11) is 0. The average molecular weight is 188 g/mol. The van der Waals surface area contributed by atoms with Crippen LogP contribution in [-0.4, -0.2) is 6.29 Å². The first-order valence-corrected chi connectivity index (χ1v) is 5.43. The van der Waals surface area contributed by atoms with Crippen molar-refractivity contribution in [3.8, 4) is 0 Å². The van der Waals surface area contributed by atoms with Crippen molar-refractivity contribution in [2.24, 2.45) is 0 Å². The van der Waals surface area contributed by atoms with Crippen LogP contribution < -0.4 is 0 Å². The fourth-order valence-corrected chi connectivity index (χ4v) is 2.43. The van der Waals surface area contributed by atoms with Gasteiger partial charge in [0.15, 0.2) is 0 Å². The van der Waals surface area contributed by atoms with Crippen molar-refractivity contribution in [3.63, 3.8) is 0 Å². The van der Waals surface area contributed by atoms with Crippen molar-refractivity contribution < 1.29 is 4.79 Å². The molecule has 1 aliphatic rings. The summed E-state index contributed by atoms with van der Waals surface area (Å²) in [4.78, 5) is 10.7. The predicted octanol–water partition coefficient (Wildman–Crippen LogP) is 3.33. The van der Waals surface area contributed by atoms with Gasteiger partial charge in [0, 0.05) is 5.56 Å². The summed E-state index contributed by atoms with van der Waals surface area (Å²) in [6, 6.07) is 6.13. The number of hydrogen-bond acceptors (Lipinski definition) is 1. The molecule has 1 nitrogen and oxygen atoms in total. The maximum Gasteiger partial charge on any atom is 0.150 e. The fourth-order valence-electron chi connectivity index (χ4n) is 2.43. The maximum atomic E-state index is 10.7. The average Bonchev–Trinajstić information content (AvgIpc) is 2.61. The van der Waals surface area contributed by atoms with Crippen molar-refractivity contribution in [1.82, 2.24) is 0 Å². The third-order valence-corrected chi connectivity index (χ3v) is 3.15. The Labute approximate surface area is 85.1 Å². The normalized spacial score (nSPS) is 19.4. The van der Waals surface area contributed by atoms with Crippen molar-refractivity contribution in [3.05, 3.63) is 34.9 Å². The van der Waals surface area contributed by atoms with Crippen molar-refractivity contribution >= 4 is 6.29 Å². The van der Waals surface area contributed by atoms with E-state index in [9.17, 15) is 4.79 Å². The van der Waals surface area contributed by atoms with Crippen molar-refractivity contribution in [2.75, 3.05) is 0 Å². The number of aryl methyl sites for hydroxylation is 1. The van der Waals surface area contributed by atoms with Crippen molar-refractivity contribution in [1.29, 1.82) is 0 Å². The van der Waals surface area contributed by atoms with Gasteiger partial charge in [0.2, 0.25) is 0 Å². The molecule has 0 saturated carbocycles. The molecule has 1 aromatic rings. The molecule has 0 spiro atoms. The Bertz CT molecular complexity index is 339. The molecule has 0 aliphatic heterocycles. The number of benzene rings is 1.